The van der Waals surface area contributed by atoms with E-state index in [9.17, 15) is 4.79 Å². The summed E-state index contributed by atoms with van der Waals surface area (Å²) in [6.07, 6.45) is 1.97. The SMILES string of the molecule is C=C(C(=O)OCC)c1ccccc1SC. The molecule has 0 unspecified atom stereocenters. The minimum atomic E-state index is -0.348. The number of carbonyl (C=O) groups excluding carboxylic acids is 1. The molecule has 0 bridgehead atoms. The van der Waals surface area contributed by atoms with E-state index < -0.39 is 0 Å². The maximum atomic E-state index is 11.5. The monoisotopic (exact) mass is 222 g/mol. The zero-order valence-corrected chi connectivity index (χ0v) is 9.76. The van der Waals surface area contributed by atoms with Crippen molar-refractivity contribution < 1.29 is 9.53 Å². The second-order valence-corrected chi connectivity index (χ2v) is 3.75. The number of thioether (sulfide) groups is 1. The van der Waals surface area contributed by atoms with Gasteiger partial charge in [-0.2, -0.15) is 0 Å². The van der Waals surface area contributed by atoms with Gasteiger partial charge in [-0.3, -0.25) is 0 Å². The molecule has 1 aromatic rings. The van der Waals surface area contributed by atoms with Crippen molar-refractivity contribution in [3.8, 4) is 0 Å². The third-order valence-corrected chi connectivity index (χ3v) is 2.75. The van der Waals surface area contributed by atoms with Gasteiger partial charge in [0.15, 0.2) is 0 Å². The average Bonchev–Trinajstić information content (AvgIpc) is 2.28. The van der Waals surface area contributed by atoms with Gasteiger partial charge in [0.1, 0.15) is 0 Å². The maximum absolute atomic E-state index is 11.5. The molecule has 0 atom stereocenters. The first-order valence-electron chi connectivity index (χ1n) is 4.70. The van der Waals surface area contributed by atoms with Gasteiger partial charge >= 0.3 is 5.97 Å². The van der Waals surface area contributed by atoms with Crippen LogP contribution in [0.25, 0.3) is 5.57 Å². The van der Waals surface area contributed by atoms with E-state index in [4.69, 9.17) is 4.74 Å². The van der Waals surface area contributed by atoms with Crippen LogP contribution in [0.2, 0.25) is 0 Å². The molecule has 0 heterocycles. The number of ether oxygens (including phenoxy) is 1. The normalized spacial score (nSPS) is 9.73. The summed E-state index contributed by atoms with van der Waals surface area (Å²) >= 11 is 1.59. The molecule has 0 aliphatic rings. The highest BCUT2D eigenvalue weighted by Crippen LogP contribution is 2.26. The van der Waals surface area contributed by atoms with E-state index in [-0.39, 0.29) is 5.97 Å². The molecule has 0 aliphatic carbocycles. The number of hydrogen-bond acceptors (Lipinski definition) is 3. The number of rotatable bonds is 4. The van der Waals surface area contributed by atoms with E-state index in [0.717, 1.165) is 10.5 Å². The highest BCUT2D eigenvalue weighted by molar-refractivity contribution is 7.98. The van der Waals surface area contributed by atoms with Gasteiger partial charge in [0.25, 0.3) is 0 Å². The Balaban J connectivity index is 2.95. The Labute approximate surface area is 94.3 Å². The summed E-state index contributed by atoms with van der Waals surface area (Å²) in [5, 5.41) is 0. The van der Waals surface area contributed by atoms with Crippen LogP contribution in [0.15, 0.2) is 35.7 Å². The van der Waals surface area contributed by atoms with Crippen LogP contribution in [0.5, 0.6) is 0 Å². The zero-order valence-electron chi connectivity index (χ0n) is 8.95. The first kappa shape index (κ1) is 11.9. The summed E-state index contributed by atoms with van der Waals surface area (Å²) < 4.78 is 4.91. The fourth-order valence-electron chi connectivity index (χ4n) is 1.22. The molecule has 0 aromatic heterocycles. The smallest absolute Gasteiger partial charge is 0.338 e. The van der Waals surface area contributed by atoms with Crippen molar-refractivity contribution in [2.75, 3.05) is 12.9 Å². The number of benzene rings is 1. The largest absolute Gasteiger partial charge is 0.462 e. The van der Waals surface area contributed by atoms with Crippen LogP contribution >= 0.6 is 11.8 Å². The van der Waals surface area contributed by atoms with Crippen molar-refractivity contribution in [2.45, 2.75) is 11.8 Å². The third kappa shape index (κ3) is 2.86. The fraction of sp³-hybridized carbons (Fsp3) is 0.250. The molecule has 0 N–H and O–H groups in total. The van der Waals surface area contributed by atoms with E-state index in [1.165, 1.54) is 0 Å². The highest BCUT2D eigenvalue weighted by atomic mass is 32.2. The second kappa shape index (κ2) is 5.61. The lowest BCUT2D eigenvalue weighted by Gasteiger charge is -2.08. The Bertz CT molecular complexity index is 372. The molecular formula is C12H14O2S. The molecule has 2 nitrogen and oxygen atoms in total. The lowest BCUT2D eigenvalue weighted by molar-refractivity contribution is -0.136. The molecule has 0 saturated carbocycles. The number of carbonyl (C=O) groups is 1. The molecular weight excluding hydrogens is 208 g/mol. The van der Waals surface area contributed by atoms with Crippen LogP contribution in [0.1, 0.15) is 12.5 Å². The first-order chi connectivity index (χ1) is 7.20. The maximum Gasteiger partial charge on any atom is 0.338 e. The van der Waals surface area contributed by atoms with Crippen LogP contribution in [-0.2, 0) is 9.53 Å². The molecule has 1 rings (SSSR count). The molecule has 1 aromatic carbocycles. The summed E-state index contributed by atoms with van der Waals surface area (Å²) in [6.45, 7) is 5.92. The van der Waals surface area contributed by atoms with Gasteiger partial charge in [-0.25, -0.2) is 4.79 Å². The van der Waals surface area contributed by atoms with E-state index in [1.807, 2.05) is 30.5 Å². The molecule has 3 heteroatoms. The highest BCUT2D eigenvalue weighted by Gasteiger charge is 2.12. The summed E-state index contributed by atoms with van der Waals surface area (Å²) in [6, 6.07) is 7.67. The van der Waals surface area contributed by atoms with Gasteiger partial charge in [-0.1, -0.05) is 24.8 Å². The van der Waals surface area contributed by atoms with Crippen molar-refractivity contribution in [1.82, 2.24) is 0 Å². The fourth-order valence-corrected chi connectivity index (χ4v) is 1.85. The third-order valence-electron chi connectivity index (χ3n) is 1.95. The summed E-state index contributed by atoms with van der Waals surface area (Å²) in [5.41, 5.74) is 1.27. The number of esters is 1. The Morgan fingerprint density at radius 3 is 2.73 bits per heavy atom. The van der Waals surface area contributed by atoms with E-state index in [2.05, 4.69) is 6.58 Å². The van der Waals surface area contributed by atoms with Crippen molar-refractivity contribution in [2.24, 2.45) is 0 Å². The average molecular weight is 222 g/mol. The zero-order chi connectivity index (χ0) is 11.3. The van der Waals surface area contributed by atoms with Crippen molar-refractivity contribution in [3.63, 3.8) is 0 Å². The molecule has 0 fully saturated rings. The van der Waals surface area contributed by atoms with Gasteiger partial charge in [0.2, 0.25) is 0 Å². The predicted molar refractivity (Wildman–Crippen MR) is 63.9 cm³/mol. The quantitative estimate of drug-likeness (QED) is 0.445. The van der Waals surface area contributed by atoms with E-state index in [1.54, 1.807) is 18.7 Å². The molecule has 15 heavy (non-hydrogen) atoms. The molecule has 0 radical (unpaired) electrons. The van der Waals surface area contributed by atoms with Gasteiger partial charge < -0.3 is 4.74 Å². The van der Waals surface area contributed by atoms with Crippen LogP contribution < -0.4 is 0 Å². The van der Waals surface area contributed by atoms with E-state index >= 15 is 0 Å². The molecule has 80 valence electrons. The predicted octanol–water partition coefficient (Wildman–Crippen LogP) is 2.98. The summed E-state index contributed by atoms with van der Waals surface area (Å²) in [5.74, 6) is -0.348. The van der Waals surface area contributed by atoms with Gasteiger partial charge in [-0.05, 0) is 19.2 Å². The lowest BCUT2D eigenvalue weighted by atomic mass is 10.1. The molecule has 0 saturated heterocycles. The van der Waals surface area contributed by atoms with Crippen molar-refractivity contribution >= 4 is 23.3 Å². The van der Waals surface area contributed by atoms with Gasteiger partial charge in [-0.15, -0.1) is 11.8 Å². The molecule has 0 amide bonds. The van der Waals surface area contributed by atoms with Gasteiger partial charge in [0, 0.05) is 10.5 Å². The topological polar surface area (TPSA) is 26.3 Å². The molecule has 0 aliphatic heterocycles. The van der Waals surface area contributed by atoms with Crippen molar-refractivity contribution in [1.29, 1.82) is 0 Å². The van der Waals surface area contributed by atoms with Crippen LogP contribution in [0, 0.1) is 0 Å². The Morgan fingerprint density at radius 1 is 1.47 bits per heavy atom. The second-order valence-electron chi connectivity index (χ2n) is 2.90. The van der Waals surface area contributed by atoms with Gasteiger partial charge in [0.05, 0.1) is 12.2 Å². The van der Waals surface area contributed by atoms with E-state index in [0.29, 0.717) is 12.2 Å². The Kier molecular flexibility index (Phi) is 4.43. The standard InChI is InChI=1S/C12H14O2S/c1-4-14-12(13)9(2)10-7-5-6-8-11(10)15-3/h5-8H,2,4H2,1,3H3. The molecule has 0 spiro atoms. The minimum absolute atomic E-state index is 0.348. The minimum Gasteiger partial charge on any atom is -0.462 e. The van der Waals surface area contributed by atoms with Crippen LogP contribution in [-0.4, -0.2) is 18.8 Å². The summed E-state index contributed by atoms with van der Waals surface area (Å²) in [7, 11) is 0. The Hall–Kier alpha value is -1.22. The van der Waals surface area contributed by atoms with Crippen LogP contribution in [0.3, 0.4) is 0 Å². The number of hydrogen-bond donors (Lipinski definition) is 0. The summed E-state index contributed by atoms with van der Waals surface area (Å²) in [4.78, 5) is 12.5. The van der Waals surface area contributed by atoms with Crippen molar-refractivity contribution in [3.05, 3.63) is 36.4 Å². The lowest BCUT2D eigenvalue weighted by Crippen LogP contribution is -2.06. The Morgan fingerprint density at radius 2 is 2.13 bits per heavy atom. The first-order valence-corrected chi connectivity index (χ1v) is 5.92. The van der Waals surface area contributed by atoms with Crippen LogP contribution in [0.4, 0.5) is 0 Å².